The second-order valence-corrected chi connectivity index (χ2v) is 5.05. The van der Waals surface area contributed by atoms with Crippen molar-refractivity contribution < 1.29 is 0 Å². The van der Waals surface area contributed by atoms with Crippen LogP contribution in [-0.4, -0.2) is 28.8 Å². The fraction of sp³-hybridized carbons (Fsp3) is 0.600. The Labute approximate surface area is 99.0 Å². The Kier molecular flexibility index (Phi) is 4.23. The summed E-state index contributed by atoms with van der Waals surface area (Å²) in [4.78, 5) is 8.02. The van der Waals surface area contributed by atoms with Gasteiger partial charge < -0.3 is 5.32 Å². The van der Waals surface area contributed by atoms with Crippen LogP contribution in [-0.2, 0) is 0 Å². The van der Waals surface area contributed by atoms with E-state index in [9.17, 15) is 0 Å². The topological polar surface area (TPSA) is 37.8 Å². The molecule has 1 aliphatic rings. The molecule has 1 aliphatic heterocycles. The zero-order valence-corrected chi connectivity index (χ0v) is 10.0. The molecular weight excluding hydrogens is 230 g/mol. The quantitative estimate of drug-likeness (QED) is 0.502. The fourth-order valence-corrected chi connectivity index (χ4v) is 2.90. The molecule has 1 N–H and O–H groups in total. The number of piperidine rings is 1. The van der Waals surface area contributed by atoms with E-state index in [0.29, 0.717) is 5.28 Å². The summed E-state index contributed by atoms with van der Waals surface area (Å²) in [7, 11) is 0. The molecule has 82 valence electrons. The zero-order valence-electron chi connectivity index (χ0n) is 8.45. The Morgan fingerprint density at radius 3 is 3.00 bits per heavy atom. The van der Waals surface area contributed by atoms with Gasteiger partial charge in [0.05, 0.1) is 0 Å². The second-order valence-electron chi connectivity index (χ2n) is 3.67. The molecule has 0 saturated carbocycles. The SMILES string of the molecule is Clc1nccc(SCC2CCNCC2)n1. The van der Waals surface area contributed by atoms with Gasteiger partial charge in [0.1, 0.15) is 5.03 Å². The molecule has 2 heterocycles. The average Bonchev–Trinajstić information content (AvgIpc) is 2.28. The minimum atomic E-state index is 0.338. The van der Waals surface area contributed by atoms with E-state index in [1.807, 2.05) is 6.07 Å². The molecule has 0 aromatic carbocycles. The largest absolute Gasteiger partial charge is 0.317 e. The number of nitrogens with zero attached hydrogens (tertiary/aromatic N) is 2. The van der Waals surface area contributed by atoms with Crippen molar-refractivity contribution in [1.82, 2.24) is 15.3 Å². The predicted molar refractivity (Wildman–Crippen MR) is 63.4 cm³/mol. The smallest absolute Gasteiger partial charge is 0.223 e. The highest BCUT2D eigenvalue weighted by Gasteiger charge is 2.13. The predicted octanol–water partition coefficient (Wildman–Crippen LogP) is 2.22. The van der Waals surface area contributed by atoms with Crippen LogP contribution in [0.2, 0.25) is 5.28 Å². The van der Waals surface area contributed by atoms with Crippen LogP contribution in [0.5, 0.6) is 0 Å². The summed E-state index contributed by atoms with van der Waals surface area (Å²) >= 11 is 7.50. The minimum absolute atomic E-state index is 0.338. The Bertz CT molecular complexity index is 315. The van der Waals surface area contributed by atoms with Gasteiger partial charge >= 0.3 is 0 Å². The summed E-state index contributed by atoms with van der Waals surface area (Å²) in [5.41, 5.74) is 0. The van der Waals surface area contributed by atoms with Gasteiger partial charge in [0, 0.05) is 11.9 Å². The number of thioether (sulfide) groups is 1. The van der Waals surface area contributed by atoms with Gasteiger partial charge in [-0.25, -0.2) is 9.97 Å². The molecule has 5 heteroatoms. The summed E-state index contributed by atoms with van der Waals surface area (Å²) in [6.45, 7) is 2.30. The zero-order chi connectivity index (χ0) is 10.5. The number of rotatable bonds is 3. The van der Waals surface area contributed by atoms with E-state index in [1.165, 1.54) is 12.8 Å². The van der Waals surface area contributed by atoms with Crippen molar-refractivity contribution in [2.45, 2.75) is 17.9 Å². The molecule has 3 nitrogen and oxygen atoms in total. The number of nitrogens with one attached hydrogen (secondary N) is 1. The first-order valence-corrected chi connectivity index (χ1v) is 6.53. The lowest BCUT2D eigenvalue weighted by Gasteiger charge is -2.21. The third-order valence-electron chi connectivity index (χ3n) is 2.53. The van der Waals surface area contributed by atoms with Crippen LogP contribution in [0.4, 0.5) is 0 Å². The van der Waals surface area contributed by atoms with Crippen LogP contribution in [0, 0.1) is 5.92 Å². The van der Waals surface area contributed by atoms with E-state index in [-0.39, 0.29) is 0 Å². The average molecular weight is 244 g/mol. The Balaban J connectivity index is 1.81. The number of halogens is 1. The highest BCUT2D eigenvalue weighted by atomic mass is 35.5. The summed E-state index contributed by atoms with van der Waals surface area (Å²) in [5, 5.41) is 4.68. The summed E-state index contributed by atoms with van der Waals surface area (Å²) in [6.07, 6.45) is 4.25. The molecule has 2 rings (SSSR count). The highest BCUT2D eigenvalue weighted by Crippen LogP contribution is 2.23. The third-order valence-corrected chi connectivity index (χ3v) is 3.87. The first-order valence-electron chi connectivity index (χ1n) is 5.16. The Morgan fingerprint density at radius 2 is 2.27 bits per heavy atom. The first kappa shape index (κ1) is 11.2. The fourth-order valence-electron chi connectivity index (χ4n) is 1.65. The molecule has 1 aromatic heterocycles. The number of aromatic nitrogens is 2. The van der Waals surface area contributed by atoms with Gasteiger partial charge in [0.2, 0.25) is 5.28 Å². The molecule has 0 unspecified atom stereocenters. The van der Waals surface area contributed by atoms with Crippen molar-refractivity contribution in [2.75, 3.05) is 18.8 Å². The lowest BCUT2D eigenvalue weighted by atomic mass is 10.0. The molecule has 0 bridgehead atoms. The van der Waals surface area contributed by atoms with Crippen molar-refractivity contribution in [2.24, 2.45) is 5.92 Å². The van der Waals surface area contributed by atoms with Crippen molar-refractivity contribution in [3.8, 4) is 0 Å². The molecular formula is C10H14ClN3S. The first-order chi connectivity index (χ1) is 7.34. The maximum Gasteiger partial charge on any atom is 0.223 e. The van der Waals surface area contributed by atoms with Crippen LogP contribution < -0.4 is 5.32 Å². The van der Waals surface area contributed by atoms with Crippen molar-refractivity contribution >= 4 is 23.4 Å². The van der Waals surface area contributed by atoms with E-state index in [0.717, 1.165) is 29.8 Å². The maximum atomic E-state index is 5.72. The van der Waals surface area contributed by atoms with Gasteiger partial charge in [0.25, 0.3) is 0 Å². The molecule has 1 aromatic rings. The lowest BCUT2D eigenvalue weighted by molar-refractivity contribution is 0.408. The van der Waals surface area contributed by atoms with E-state index in [2.05, 4.69) is 15.3 Å². The van der Waals surface area contributed by atoms with Gasteiger partial charge in [-0.2, -0.15) is 0 Å². The molecule has 1 saturated heterocycles. The molecule has 0 spiro atoms. The summed E-state index contributed by atoms with van der Waals surface area (Å²) in [5.74, 6) is 1.94. The van der Waals surface area contributed by atoms with Crippen molar-refractivity contribution in [3.63, 3.8) is 0 Å². The maximum absolute atomic E-state index is 5.72. The second kappa shape index (κ2) is 5.68. The highest BCUT2D eigenvalue weighted by molar-refractivity contribution is 7.99. The van der Waals surface area contributed by atoms with Crippen LogP contribution in [0.1, 0.15) is 12.8 Å². The van der Waals surface area contributed by atoms with Crippen LogP contribution in [0.25, 0.3) is 0 Å². The molecule has 15 heavy (non-hydrogen) atoms. The Hall–Kier alpha value is -0.320. The molecule has 0 radical (unpaired) electrons. The van der Waals surface area contributed by atoms with Crippen LogP contribution >= 0.6 is 23.4 Å². The van der Waals surface area contributed by atoms with Gasteiger partial charge in [-0.3, -0.25) is 0 Å². The molecule has 0 amide bonds. The van der Waals surface area contributed by atoms with E-state index >= 15 is 0 Å². The Morgan fingerprint density at radius 1 is 1.47 bits per heavy atom. The monoisotopic (exact) mass is 243 g/mol. The molecule has 0 aliphatic carbocycles. The normalized spacial score (nSPS) is 17.9. The number of hydrogen-bond acceptors (Lipinski definition) is 4. The van der Waals surface area contributed by atoms with Gasteiger partial charge in [0.15, 0.2) is 0 Å². The van der Waals surface area contributed by atoms with Crippen molar-refractivity contribution in [3.05, 3.63) is 17.5 Å². The van der Waals surface area contributed by atoms with Gasteiger partial charge in [-0.15, -0.1) is 11.8 Å². The van der Waals surface area contributed by atoms with Crippen LogP contribution in [0.3, 0.4) is 0 Å². The van der Waals surface area contributed by atoms with Gasteiger partial charge in [-0.05, 0) is 49.5 Å². The van der Waals surface area contributed by atoms with E-state index in [4.69, 9.17) is 11.6 Å². The van der Waals surface area contributed by atoms with E-state index in [1.54, 1.807) is 18.0 Å². The van der Waals surface area contributed by atoms with Crippen LogP contribution in [0.15, 0.2) is 17.3 Å². The summed E-state index contributed by atoms with van der Waals surface area (Å²) < 4.78 is 0. The van der Waals surface area contributed by atoms with Crippen molar-refractivity contribution in [1.29, 1.82) is 0 Å². The van der Waals surface area contributed by atoms with Gasteiger partial charge in [-0.1, -0.05) is 0 Å². The lowest BCUT2D eigenvalue weighted by Crippen LogP contribution is -2.28. The number of hydrogen-bond donors (Lipinski definition) is 1. The third kappa shape index (κ3) is 3.63. The molecule has 1 fully saturated rings. The standard InChI is InChI=1S/C10H14ClN3S/c11-10-13-6-3-9(14-10)15-7-8-1-4-12-5-2-8/h3,6,8,12H,1-2,4-5,7H2. The van der Waals surface area contributed by atoms with E-state index < -0.39 is 0 Å². The summed E-state index contributed by atoms with van der Waals surface area (Å²) in [6, 6.07) is 1.91. The molecule has 0 atom stereocenters. The minimum Gasteiger partial charge on any atom is -0.317 e.